The fourth-order valence-electron chi connectivity index (χ4n) is 2.62. The Morgan fingerprint density at radius 3 is 2.40 bits per heavy atom. The van der Waals surface area contributed by atoms with Crippen molar-refractivity contribution < 1.29 is 0 Å². The smallest absolute Gasteiger partial charge is 0.0371 e. The van der Waals surface area contributed by atoms with Crippen molar-refractivity contribution >= 4 is 5.69 Å². The lowest BCUT2D eigenvalue weighted by Crippen LogP contribution is -2.30. The molecule has 0 aromatic heterocycles. The molecule has 0 bridgehead atoms. The van der Waals surface area contributed by atoms with Crippen LogP contribution in [-0.4, -0.2) is 18.6 Å². The zero-order valence-corrected chi connectivity index (χ0v) is 13.7. The van der Waals surface area contributed by atoms with E-state index >= 15 is 0 Å². The van der Waals surface area contributed by atoms with Crippen molar-refractivity contribution in [3.63, 3.8) is 0 Å². The zero-order valence-electron chi connectivity index (χ0n) is 13.7. The molecule has 2 rings (SSSR count). The average molecular weight is 274 g/mol. The number of anilines is 1. The minimum Gasteiger partial charge on any atom is -0.368 e. The molecule has 0 radical (unpaired) electrons. The summed E-state index contributed by atoms with van der Waals surface area (Å²) in [6.45, 7) is 13.4. The van der Waals surface area contributed by atoms with Gasteiger partial charge in [0, 0.05) is 30.9 Å². The molecule has 1 saturated carbocycles. The van der Waals surface area contributed by atoms with E-state index in [9.17, 15) is 0 Å². The third-order valence-electron chi connectivity index (χ3n) is 3.91. The van der Waals surface area contributed by atoms with Crippen molar-refractivity contribution in [1.29, 1.82) is 0 Å². The van der Waals surface area contributed by atoms with Crippen molar-refractivity contribution in [3.8, 4) is 0 Å². The number of hydrogen-bond donors (Lipinski definition) is 1. The number of aryl methyl sites for hydroxylation is 1. The van der Waals surface area contributed by atoms with Gasteiger partial charge in [0.25, 0.3) is 0 Å². The first-order valence-corrected chi connectivity index (χ1v) is 8.07. The monoisotopic (exact) mass is 274 g/mol. The van der Waals surface area contributed by atoms with E-state index in [0.717, 1.165) is 18.5 Å². The summed E-state index contributed by atoms with van der Waals surface area (Å²) in [4.78, 5) is 2.61. The minimum atomic E-state index is 0.540. The normalized spacial score (nSPS) is 15.2. The molecule has 2 nitrogen and oxygen atoms in total. The highest BCUT2D eigenvalue weighted by Crippen LogP contribution is 2.33. The second-order valence-corrected chi connectivity index (χ2v) is 6.92. The Bertz CT molecular complexity index is 433. The summed E-state index contributed by atoms with van der Waals surface area (Å²) < 4.78 is 0. The first-order chi connectivity index (χ1) is 9.47. The third-order valence-corrected chi connectivity index (χ3v) is 3.91. The molecule has 1 fully saturated rings. The van der Waals surface area contributed by atoms with Gasteiger partial charge in [0.15, 0.2) is 0 Å². The number of nitrogens with one attached hydrogen (secondary N) is 1. The molecule has 0 atom stereocenters. The van der Waals surface area contributed by atoms with Crippen molar-refractivity contribution in [2.24, 2.45) is 5.92 Å². The average Bonchev–Trinajstić information content (AvgIpc) is 3.18. The van der Waals surface area contributed by atoms with E-state index in [2.05, 4.69) is 63.0 Å². The minimum absolute atomic E-state index is 0.540. The summed E-state index contributed by atoms with van der Waals surface area (Å²) in [5, 5.41) is 3.51. The highest BCUT2D eigenvalue weighted by atomic mass is 15.2. The van der Waals surface area contributed by atoms with Crippen molar-refractivity contribution in [3.05, 3.63) is 29.3 Å². The van der Waals surface area contributed by atoms with Gasteiger partial charge in [0.1, 0.15) is 0 Å². The SMILES string of the molecule is Cc1cc(N(CC(C)C)C2CC2)ccc1CNC(C)C. The summed E-state index contributed by atoms with van der Waals surface area (Å²) in [6, 6.07) is 8.31. The third kappa shape index (κ3) is 4.24. The first-order valence-electron chi connectivity index (χ1n) is 8.07. The summed E-state index contributed by atoms with van der Waals surface area (Å²) in [6.07, 6.45) is 2.73. The van der Waals surface area contributed by atoms with E-state index in [0.29, 0.717) is 6.04 Å². The molecule has 0 heterocycles. The summed E-state index contributed by atoms with van der Waals surface area (Å²) >= 11 is 0. The van der Waals surface area contributed by atoms with Gasteiger partial charge in [0.2, 0.25) is 0 Å². The highest BCUT2D eigenvalue weighted by molar-refractivity contribution is 5.52. The van der Waals surface area contributed by atoms with Gasteiger partial charge in [-0.2, -0.15) is 0 Å². The molecule has 1 aliphatic rings. The molecule has 0 saturated heterocycles. The largest absolute Gasteiger partial charge is 0.368 e. The van der Waals surface area contributed by atoms with E-state index in [1.165, 1.54) is 36.2 Å². The van der Waals surface area contributed by atoms with Crippen LogP contribution in [0.15, 0.2) is 18.2 Å². The maximum atomic E-state index is 3.51. The molecule has 0 spiro atoms. The molecule has 1 N–H and O–H groups in total. The number of benzene rings is 1. The van der Waals surface area contributed by atoms with E-state index in [1.54, 1.807) is 0 Å². The van der Waals surface area contributed by atoms with Gasteiger partial charge >= 0.3 is 0 Å². The molecular weight excluding hydrogens is 244 g/mol. The molecule has 1 aromatic carbocycles. The second-order valence-electron chi connectivity index (χ2n) is 6.92. The molecule has 1 aliphatic carbocycles. The first kappa shape index (κ1) is 15.4. The lowest BCUT2D eigenvalue weighted by Gasteiger charge is -2.27. The van der Waals surface area contributed by atoms with Crippen molar-refractivity contribution in [2.45, 2.75) is 66.1 Å². The molecule has 20 heavy (non-hydrogen) atoms. The van der Waals surface area contributed by atoms with Crippen LogP contribution in [0.1, 0.15) is 51.7 Å². The van der Waals surface area contributed by atoms with Gasteiger partial charge in [-0.1, -0.05) is 33.8 Å². The van der Waals surface area contributed by atoms with Crippen molar-refractivity contribution in [2.75, 3.05) is 11.4 Å². The molecule has 0 unspecified atom stereocenters. The summed E-state index contributed by atoms with van der Waals surface area (Å²) in [5.41, 5.74) is 4.24. The Hall–Kier alpha value is -1.02. The number of hydrogen-bond acceptors (Lipinski definition) is 2. The van der Waals surface area contributed by atoms with Crippen LogP contribution in [0.5, 0.6) is 0 Å². The van der Waals surface area contributed by atoms with E-state index < -0.39 is 0 Å². The van der Waals surface area contributed by atoms with Crippen LogP contribution in [-0.2, 0) is 6.54 Å². The van der Waals surface area contributed by atoms with Crippen LogP contribution in [0, 0.1) is 12.8 Å². The van der Waals surface area contributed by atoms with Gasteiger partial charge in [-0.25, -0.2) is 0 Å². The second kappa shape index (κ2) is 6.62. The Morgan fingerprint density at radius 2 is 1.90 bits per heavy atom. The Labute approximate surface area is 124 Å². The zero-order chi connectivity index (χ0) is 14.7. The van der Waals surface area contributed by atoms with E-state index in [-0.39, 0.29) is 0 Å². The van der Waals surface area contributed by atoms with E-state index in [4.69, 9.17) is 0 Å². The van der Waals surface area contributed by atoms with Crippen molar-refractivity contribution in [1.82, 2.24) is 5.32 Å². The summed E-state index contributed by atoms with van der Waals surface area (Å²) in [7, 11) is 0. The lowest BCUT2D eigenvalue weighted by molar-refractivity contribution is 0.587. The Morgan fingerprint density at radius 1 is 1.20 bits per heavy atom. The molecule has 1 aromatic rings. The standard InChI is InChI=1S/C18H30N2/c1-13(2)12-20(17-8-9-17)18-7-6-16(15(5)10-18)11-19-14(3)4/h6-7,10,13-14,17,19H,8-9,11-12H2,1-5H3. The fraction of sp³-hybridized carbons (Fsp3) is 0.667. The van der Waals surface area contributed by atoms with Crippen LogP contribution in [0.4, 0.5) is 5.69 Å². The van der Waals surface area contributed by atoms with Gasteiger partial charge in [0.05, 0.1) is 0 Å². The van der Waals surface area contributed by atoms with Gasteiger partial charge in [-0.05, 0) is 48.9 Å². The van der Waals surface area contributed by atoms with Gasteiger partial charge in [-0.3, -0.25) is 0 Å². The molecular formula is C18H30N2. The Balaban J connectivity index is 2.09. The molecule has 0 aliphatic heterocycles. The maximum absolute atomic E-state index is 3.51. The topological polar surface area (TPSA) is 15.3 Å². The van der Waals surface area contributed by atoms with Crippen LogP contribution in [0.25, 0.3) is 0 Å². The van der Waals surface area contributed by atoms with Crippen LogP contribution >= 0.6 is 0 Å². The molecule has 112 valence electrons. The van der Waals surface area contributed by atoms with Gasteiger partial charge in [-0.15, -0.1) is 0 Å². The fourth-order valence-corrected chi connectivity index (χ4v) is 2.62. The van der Waals surface area contributed by atoms with Crippen LogP contribution in [0.3, 0.4) is 0 Å². The quantitative estimate of drug-likeness (QED) is 0.804. The predicted octanol–water partition coefficient (Wildman–Crippen LogP) is 4.12. The number of nitrogens with zero attached hydrogens (tertiary/aromatic N) is 1. The van der Waals surface area contributed by atoms with Crippen LogP contribution in [0.2, 0.25) is 0 Å². The van der Waals surface area contributed by atoms with Crippen LogP contribution < -0.4 is 10.2 Å². The summed E-state index contributed by atoms with van der Waals surface area (Å²) in [5.74, 6) is 0.721. The van der Waals surface area contributed by atoms with Gasteiger partial charge < -0.3 is 10.2 Å². The highest BCUT2D eigenvalue weighted by Gasteiger charge is 2.29. The Kier molecular flexibility index (Phi) is 5.09. The number of rotatable bonds is 7. The maximum Gasteiger partial charge on any atom is 0.0371 e. The lowest BCUT2D eigenvalue weighted by atomic mass is 10.1. The predicted molar refractivity (Wildman–Crippen MR) is 88.4 cm³/mol. The van der Waals surface area contributed by atoms with E-state index in [1.807, 2.05) is 0 Å². The molecule has 0 amide bonds. The molecule has 2 heteroatoms.